The molecular weight excluding hydrogens is 286 g/mol. The van der Waals surface area contributed by atoms with Crippen LogP contribution >= 0.6 is 0 Å². The van der Waals surface area contributed by atoms with E-state index < -0.39 is 0 Å². The van der Waals surface area contributed by atoms with E-state index >= 15 is 0 Å². The van der Waals surface area contributed by atoms with E-state index in [4.69, 9.17) is 0 Å². The fraction of sp³-hybridized carbons (Fsp3) is 0.632. The van der Waals surface area contributed by atoms with Crippen LogP contribution in [0.1, 0.15) is 41.3 Å². The van der Waals surface area contributed by atoms with Gasteiger partial charge < -0.3 is 10.2 Å². The minimum absolute atomic E-state index is 0.215. The van der Waals surface area contributed by atoms with Crippen LogP contribution in [0.4, 0.5) is 0 Å². The van der Waals surface area contributed by atoms with Gasteiger partial charge in [0.05, 0.1) is 0 Å². The highest BCUT2D eigenvalue weighted by molar-refractivity contribution is 5.97. The number of likely N-dealkylation sites (tertiary alicyclic amines) is 1. The van der Waals surface area contributed by atoms with E-state index in [0.717, 1.165) is 62.3 Å². The summed E-state index contributed by atoms with van der Waals surface area (Å²) >= 11 is 0. The lowest BCUT2D eigenvalue weighted by Gasteiger charge is -2.42. The highest BCUT2D eigenvalue weighted by Gasteiger charge is 2.30. The van der Waals surface area contributed by atoms with Gasteiger partial charge in [-0.1, -0.05) is 18.2 Å². The van der Waals surface area contributed by atoms with E-state index in [2.05, 4.69) is 22.0 Å². The molecule has 23 heavy (non-hydrogen) atoms. The number of carbonyl (C=O) groups is 1. The summed E-state index contributed by atoms with van der Waals surface area (Å²) in [5.41, 5.74) is 3.09. The number of carbonyl (C=O) groups excluding carboxylic acids is 1. The van der Waals surface area contributed by atoms with E-state index in [1.807, 2.05) is 32.0 Å². The molecule has 0 aromatic heterocycles. The van der Waals surface area contributed by atoms with E-state index in [9.17, 15) is 4.79 Å². The van der Waals surface area contributed by atoms with Crippen LogP contribution in [0.2, 0.25) is 0 Å². The van der Waals surface area contributed by atoms with Crippen molar-refractivity contribution >= 4 is 5.91 Å². The minimum Gasteiger partial charge on any atom is -0.339 e. The van der Waals surface area contributed by atoms with Gasteiger partial charge in [-0.3, -0.25) is 9.69 Å². The van der Waals surface area contributed by atoms with Crippen LogP contribution < -0.4 is 5.32 Å². The molecule has 2 saturated heterocycles. The second-order valence-electron chi connectivity index (χ2n) is 7.14. The zero-order valence-electron chi connectivity index (χ0n) is 14.6. The number of aryl methyl sites for hydroxylation is 2. The zero-order chi connectivity index (χ0) is 16.4. The molecule has 2 heterocycles. The number of amides is 1. The Morgan fingerprint density at radius 2 is 1.78 bits per heavy atom. The SMILES string of the molecule is Cc1cccc(C)c1C(=O)N1CCC(N2CCN[C@@H](C)C2)CC1. The molecule has 126 valence electrons. The van der Waals surface area contributed by atoms with Crippen LogP contribution in [0.3, 0.4) is 0 Å². The lowest BCUT2D eigenvalue weighted by atomic mass is 9.98. The molecular formula is C19H29N3O. The Balaban J connectivity index is 1.61. The van der Waals surface area contributed by atoms with Gasteiger partial charge in [-0.15, -0.1) is 0 Å². The summed E-state index contributed by atoms with van der Waals surface area (Å²) in [5.74, 6) is 0.215. The van der Waals surface area contributed by atoms with Crippen molar-refractivity contribution in [3.63, 3.8) is 0 Å². The van der Waals surface area contributed by atoms with Gasteiger partial charge in [0.25, 0.3) is 5.91 Å². The van der Waals surface area contributed by atoms with Gasteiger partial charge in [-0.25, -0.2) is 0 Å². The summed E-state index contributed by atoms with van der Waals surface area (Å²) in [6.45, 7) is 11.5. The largest absolute Gasteiger partial charge is 0.339 e. The van der Waals surface area contributed by atoms with Gasteiger partial charge in [0.15, 0.2) is 0 Å². The molecule has 0 spiro atoms. The number of hydrogen-bond donors (Lipinski definition) is 1. The normalized spacial score (nSPS) is 24.0. The van der Waals surface area contributed by atoms with Crippen LogP contribution in [-0.2, 0) is 0 Å². The molecule has 4 heteroatoms. The third kappa shape index (κ3) is 3.59. The number of hydrogen-bond acceptors (Lipinski definition) is 3. The highest BCUT2D eigenvalue weighted by atomic mass is 16.2. The molecule has 1 aromatic carbocycles. The number of piperidine rings is 1. The van der Waals surface area contributed by atoms with Crippen molar-refractivity contribution in [2.75, 3.05) is 32.7 Å². The van der Waals surface area contributed by atoms with Crippen LogP contribution in [0, 0.1) is 13.8 Å². The molecule has 4 nitrogen and oxygen atoms in total. The fourth-order valence-electron chi connectivity index (χ4n) is 4.04. The molecule has 0 unspecified atom stereocenters. The van der Waals surface area contributed by atoms with Gasteiger partial charge in [-0.2, -0.15) is 0 Å². The molecule has 2 aliphatic heterocycles. The van der Waals surface area contributed by atoms with Crippen LogP contribution in [0.15, 0.2) is 18.2 Å². The molecule has 1 N–H and O–H groups in total. The molecule has 1 amide bonds. The molecule has 0 bridgehead atoms. The molecule has 0 saturated carbocycles. The maximum atomic E-state index is 12.9. The summed E-state index contributed by atoms with van der Waals surface area (Å²) in [6.07, 6.45) is 2.20. The maximum absolute atomic E-state index is 12.9. The summed E-state index contributed by atoms with van der Waals surface area (Å²) < 4.78 is 0. The number of nitrogens with zero attached hydrogens (tertiary/aromatic N) is 2. The van der Waals surface area contributed by atoms with Crippen molar-refractivity contribution in [3.05, 3.63) is 34.9 Å². The summed E-state index contributed by atoms with van der Waals surface area (Å²) in [6, 6.07) is 7.32. The summed E-state index contributed by atoms with van der Waals surface area (Å²) in [4.78, 5) is 17.5. The predicted molar refractivity (Wildman–Crippen MR) is 93.9 cm³/mol. The summed E-state index contributed by atoms with van der Waals surface area (Å²) in [7, 11) is 0. The van der Waals surface area contributed by atoms with E-state index in [0.29, 0.717) is 12.1 Å². The van der Waals surface area contributed by atoms with E-state index in [1.165, 1.54) is 0 Å². The number of piperazine rings is 1. The first kappa shape index (κ1) is 16.5. The van der Waals surface area contributed by atoms with E-state index in [-0.39, 0.29) is 5.91 Å². The standard InChI is InChI=1S/C19H29N3O/c1-14-5-4-6-15(2)18(14)19(23)21-10-7-17(8-11-21)22-12-9-20-16(3)13-22/h4-6,16-17,20H,7-13H2,1-3H3/t16-/m0/s1. The molecule has 2 fully saturated rings. The third-order valence-corrected chi connectivity index (χ3v) is 5.36. The predicted octanol–water partition coefficient (Wildman–Crippen LogP) is 2.20. The van der Waals surface area contributed by atoms with Crippen molar-refractivity contribution in [1.29, 1.82) is 0 Å². The lowest BCUT2D eigenvalue weighted by Crippen LogP contribution is -2.55. The van der Waals surface area contributed by atoms with Crippen LogP contribution in [0.25, 0.3) is 0 Å². The minimum atomic E-state index is 0.215. The van der Waals surface area contributed by atoms with E-state index in [1.54, 1.807) is 0 Å². The lowest BCUT2D eigenvalue weighted by molar-refractivity contribution is 0.0573. The second kappa shape index (κ2) is 7.02. The molecule has 3 rings (SSSR count). The third-order valence-electron chi connectivity index (χ3n) is 5.36. The second-order valence-corrected chi connectivity index (χ2v) is 7.14. The first-order valence-electron chi connectivity index (χ1n) is 8.89. The molecule has 0 radical (unpaired) electrons. The zero-order valence-corrected chi connectivity index (χ0v) is 14.6. The average Bonchev–Trinajstić information content (AvgIpc) is 2.55. The van der Waals surface area contributed by atoms with Gasteiger partial charge in [0.1, 0.15) is 0 Å². The quantitative estimate of drug-likeness (QED) is 0.909. The number of benzene rings is 1. The van der Waals surface area contributed by atoms with Gasteiger partial charge in [-0.05, 0) is 44.7 Å². The van der Waals surface area contributed by atoms with Crippen molar-refractivity contribution in [3.8, 4) is 0 Å². The molecule has 0 aliphatic carbocycles. The first-order chi connectivity index (χ1) is 11.1. The Morgan fingerprint density at radius 3 is 2.39 bits per heavy atom. The summed E-state index contributed by atoms with van der Waals surface area (Å²) in [5, 5.41) is 3.51. The van der Waals surface area contributed by atoms with Crippen molar-refractivity contribution in [2.45, 2.75) is 45.7 Å². The van der Waals surface area contributed by atoms with Crippen molar-refractivity contribution in [2.24, 2.45) is 0 Å². The Labute approximate surface area is 139 Å². The maximum Gasteiger partial charge on any atom is 0.254 e. The topological polar surface area (TPSA) is 35.6 Å². The molecule has 1 aromatic rings. The number of nitrogens with one attached hydrogen (secondary N) is 1. The van der Waals surface area contributed by atoms with Crippen LogP contribution in [-0.4, -0.2) is 60.5 Å². The average molecular weight is 315 g/mol. The Hall–Kier alpha value is -1.39. The number of rotatable bonds is 2. The van der Waals surface area contributed by atoms with Gasteiger partial charge in [0.2, 0.25) is 0 Å². The van der Waals surface area contributed by atoms with Gasteiger partial charge >= 0.3 is 0 Å². The Bertz CT molecular complexity index is 543. The highest BCUT2D eigenvalue weighted by Crippen LogP contribution is 2.22. The molecule has 2 aliphatic rings. The van der Waals surface area contributed by atoms with Crippen molar-refractivity contribution < 1.29 is 4.79 Å². The Morgan fingerprint density at radius 1 is 1.13 bits per heavy atom. The van der Waals surface area contributed by atoms with Gasteiger partial charge in [0, 0.05) is 50.4 Å². The van der Waals surface area contributed by atoms with Crippen LogP contribution in [0.5, 0.6) is 0 Å². The fourth-order valence-corrected chi connectivity index (χ4v) is 4.04. The van der Waals surface area contributed by atoms with Crippen molar-refractivity contribution in [1.82, 2.24) is 15.1 Å². The first-order valence-corrected chi connectivity index (χ1v) is 8.89. The smallest absolute Gasteiger partial charge is 0.254 e. The monoisotopic (exact) mass is 315 g/mol. The Kier molecular flexibility index (Phi) is 5.02. The molecule has 1 atom stereocenters.